The molecule has 0 saturated carbocycles. The second-order valence-corrected chi connectivity index (χ2v) is 8.04. The van der Waals surface area contributed by atoms with Crippen molar-refractivity contribution in [1.29, 1.82) is 0 Å². The molecule has 3 amide bonds. The molecule has 1 unspecified atom stereocenters. The van der Waals surface area contributed by atoms with Gasteiger partial charge in [0.25, 0.3) is 5.91 Å². The Morgan fingerprint density at radius 3 is 2.37 bits per heavy atom. The average molecular weight is 415 g/mol. The number of likely N-dealkylation sites (N-methyl/N-ethyl adjacent to an activating group) is 1. The minimum absolute atomic E-state index is 0.0497. The van der Waals surface area contributed by atoms with E-state index in [0.29, 0.717) is 38.3 Å². The van der Waals surface area contributed by atoms with Crippen molar-refractivity contribution in [3.63, 3.8) is 0 Å². The molecule has 7 nitrogen and oxygen atoms in total. The van der Waals surface area contributed by atoms with E-state index in [4.69, 9.17) is 0 Å². The summed E-state index contributed by atoms with van der Waals surface area (Å²) in [5.74, 6) is 0.136. The Kier molecular flexibility index (Phi) is 7.85. The van der Waals surface area contributed by atoms with Crippen molar-refractivity contribution >= 4 is 17.7 Å². The normalized spacial score (nSPS) is 20.1. The van der Waals surface area contributed by atoms with Crippen LogP contribution in [0.2, 0.25) is 0 Å². The van der Waals surface area contributed by atoms with Crippen LogP contribution in [0.1, 0.15) is 43.5 Å². The Balaban J connectivity index is 1.59. The summed E-state index contributed by atoms with van der Waals surface area (Å²) in [6.45, 7) is 9.26. The summed E-state index contributed by atoms with van der Waals surface area (Å²) in [4.78, 5) is 46.2. The molecule has 30 heavy (non-hydrogen) atoms. The van der Waals surface area contributed by atoms with Gasteiger partial charge in [-0.25, -0.2) is 0 Å². The molecule has 1 aromatic rings. The number of carbonyl (C=O) groups excluding carboxylic acids is 3. The molecule has 2 fully saturated rings. The molecule has 0 N–H and O–H groups in total. The molecule has 2 heterocycles. The monoisotopic (exact) mass is 414 g/mol. The van der Waals surface area contributed by atoms with E-state index in [1.165, 1.54) is 0 Å². The summed E-state index contributed by atoms with van der Waals surface area (Å²) >= 11 is 0. The Labute approximate surface area is 179 Å². The average Bonchev–Trinajstić information content (AvgIpc) is 3.14. The zero-order valence-corrected chi connectivity index (χ0v) is 18.3. The van der Waals surface area contributed by atoms with Crippen LogP contribution in [0.15, 0.2) is 30.3 Å². The molecule has 3 rings (SSSR count). The molecule has 0 aromatic heterocycles. The summed E-state index contributed by atoms with van der Waals surface area (Å²) in [7, 11) is 0. The molecule has 2 aliphatic rings. The third-order valence-corrected chi connectivity index (χ3v) is 6.19. The first kappa shape index (κ1) is 22.3. The second kappa shape index (κ2) is 10.6. The highest BCUT2D eigenvalue weighted by Crippen LogP contribution is 2.22. The molecule has 164 valence electrons. The minimum Gasteiger partial charge on any atom is -0.342 e. The van der Waals surface area contributed by atoms with Crippen molar-refractivity contribution in [2.24, 2.45) is 0 Å². The van der Waals surface area contributed by atoms with Crippen LogP contribution in [-0.4, -0.2) is 95.7 Å². The highest BCUT2D eigenvalue weighted by atomic mass is 16.2. The van der Waals surface area contributed by atoms with Crippen LogP contribution in [-0.2, 0) is 9.59 Å². The van der Waals surface area contributed by atoms with Crippen LogP contribution in [0.3, 0.4) is 0 Å². The number of rotatable bonds is 6. The molecular weight excluding hydrogens is 380 g/mol. The van der Waals surface area contributed by atoms with Crippen molar-refractivity contribution in [1.82, 2.24) is 19.6 Å². The molecule has 2 aliphatic heterocycles. The van der Waals surface area contributed by atoms with Gasteiger partial charge in [0.2, 0.25) is 11.8 Å². The van der Waals surface area contributed by atoms with Gasteiger partial charge in [-0.3, -0.25) is 19.3 Å². The van der Waals surface area contributed by atoms with Gasteiger partial charge in [-0.05, 0) is 45.2 Å². The summed E-state index contributed by atoms with van der Waals surface area (Å²) in [6, 6.07) is 8.82. The molecule has 0 spiro atoms. The largest absolute Gasteiger partial charge is 0.342 e. The number of hydrogen-bond donors (Lipinski definition) is 0. The lowest BCUT2D eigenvalue weighted by Crippen LogP contribution is -2.49. The van der Waals surface area contributed by atoms with Gasteiger partial charge in [0.1, 0.15) is 6.04 Å². The fraction of sp³-hybridized carbons (Fsp3) is 0.609. The standard InChI is InChI=1S/C23H34N4O3/c1-3-25(4-2)21(28)18-24-13-9-14-26(17-16-24)23(30)20-12-8-15-27(20)22(29)19-10-6-5-7-11-19/h5-7,10-11,20H,3-4,8-9,12-18H2,1-2H3. The van der Waals surface area contributed by atoms with Gasteiger partial charge in [0, 0.05) is 51.4 Å². The number of amides is 3. The Morgan fingerprint density at radius 2 is 1.67 bits per heavy atom. The first-order chi connectivity index (χ1) is 14.5. The lowest BCUT2D eigenvalue weighted by molar-refractivity contribution is -0.135. The molecular formula is C23H34N4O3. The zero-order chi connectivity index (χ0) is 21.5. The highest BCUT2D eigenvalue weighted by molar-refractivity contribution is 5.98. The molecule has 0 radical (unpaired) electrons. The first-order valence-electron chi connectivity index (χ1n) is 11.2. The van der Waals surface area contributed by atoms with Crippen LogP contribution in [0, 0.1) is 0 Å². The fourth-order valence-corrected chi connectivity index (χ4v) is 4.44. The molecule has 0 aliphatic carbocycles. The Hall–Kier alpha value is -2.41. The fourth-order valence-electron chi connectivity index (χ4n) is 4.44. The Morgan fingerprint density at radius 1 is 0.933 bits per heavy atom. The second-order valence-electron chi connectivity index (χ2n) is 8.04. The van der Waals surface area contributed by atoms with Gasteiger partial charge in [0.05, 0.1) is 6.54 Å². The predicted octanol–water partition coefficient (Wildman–Crippen LogP) is 1.69. The Bertz CT molecular complexity index is 735. The van der Waals surface area contributed by atoms with Gasteiger partial charge in [-0.2, -0.15) is 0 Å². The van der Waals surface area contributed by atoms with E-state index < -0.39 is 0 Å². The third-order valence-electron chi connectivity index (χ3n) is 6.19. The zero-order valence-electron chi connectivity index (χ0n) is 18.3. The number of likely N-dealkylation sites (tertiary alicyclic amines) is 1. The number of hydrogen-bond acceptors (Lipinski definition) is 4. The van der Waals surface area contributed by atoms with Gasteiger partial charge in [0.15, 0.2) is 0 Å². The van der Waals surface area contributed by atoms with E-state index in [2.05, 4.69) is 4.90 Å². The molecule has 1 atom stereocenters. The van der Waals surface area contributed by atoms with Gasteiger partial charge in [-0.15, -0.1) is 0 Å². The van der Waals surface area contributed by atoms with E-state index in [-0.39, 0.29) is 23.8 Å². The maximum absolute atomic E-state index is 13.3. The van der Waals surface area contributed by atoms with Gasteiger partial charge >= 0.3 is 0 Å². The van der Waals surface area contributed by atoms with E-state index in [1.54, 1.807) is 17.0 Å². The van der Waals surface area contributed by atoms with Crippen LogP contribution in [0.25, 0.3) is 0 Å². The van der Waals surface area contributed by atoms with Crippen LogP contribution < -0.4 is 0 Å². The van der Waals surface area contributed by atoms with Crippen molar-refractivity contribution in [3.8, 4) is 0 Å². The first-order valence-corrected chi connectivity index (χ1v) is 11.2. The topological polar surface area (TPSA) is 64.2 Å². The number of benzene rings is 1. The van der Waals surface area contributed by atoms with Crippen molar-refractivity contribution in [2.45, 2.75) is 39.2 Å². The van der Waals surface area contributed by atoms with Gasteiger partial charge < -0.3 is 14.7 Å². The summed E-state index contributed by atoms with van der Waals surface area (Å²) in [6.07, 6.45) is 2.42. The summed E-state index contributed by atoms with van der Waals surface area (Å²) in [5, 5.41) is 0. The number of nitrogens with zero attached hydrogens (tertiary/aromatic N) is 4. The van der Waals surface area contributed by atoms with Gasteiger partial charge in [-0.1, -0.05) is 18.2 Å². The maximum atomic E-state index is 13.3. The van der Waals surface area contributed by atoms with Crippen LogP contribution in [0.4, 0.5) is 0 Å². The van der Waals surface area contributed by atoms with E-state index in [0.717, 1.165) is 38.9 Å². The van der Waals surface area contributed by atoms with Crippen LogP contribution >= 0.6 is 0 Å². The van der Waals surface area contributed by atoms with Crippen molar-refractivity contribution in [2.75, 3.05) is 52.4 Å². The van der Waals surface area contributed by atoms with Crippen molar-refractivity contribution in [3.05, 3.63) is 35.9 Å². The maximum Gasteiger partial charge on any atom is 0.254 e. The predicted molar refractivity (Wildman–Crippen MR) is 116 cm³/mol. The highest BCUT2D eigenvalue weighted by Gasteiger charge is 2.37. The number of carbonyl (C=O) groups is 3. The third kappa shape index (κ3) is 5.19. The molecule has 7 heteroatoms. The van der Waals surface area contributed by atoms with Crippen molar-refractivity contribution < 1.29 is 14.4 Å². The lowest BCUT2D eigenvalue weighted by atomic mass is 10.1. The summed E-state index contributed by atoms with van der Waals surface area (Å²) in [5.41, 5.74) is 0.633. The van der Waals surface area contributed by atoms with E-state index in [1.807, 2.05) is 41.8 Å². The summed E-state index contributed by atoms with van der Waals surface area (Å²) < 4.78 is 0. The minimum atomic E-state index is -0.374. The smallest absolute Gasteiger partial charge is 0.254 e. The van der Waals surface area contributed by atoms with Crippen LogP contribution in [0.5, 0.6) is 0 Å². The quantitative estimate of drug-likeness (QED) is 0.711. The lowest BCUT2D eigenvalue weighted by Gasteiger charge is -2.30. The molecule has 1 aromatic carbocycles. The van der Waals surface area contributed by atoms with E-state index >= 15 is 0 Å². The molecule has 2 saturated heterocycles. The van der Waals surface area contributed by atoms with E-state index in [9.17, 15) is 14.4 Å². The SMILES string of the molecule is CCN(CC)C(=O)CN1CCCN(C(=O)C2CCCN2C(=O)c2ccccc2)CC1. The molecule has 0 bridgehead atoms.